The van der Waals surface area contributed by atoms with Crippen LogP contribution in [0.3, 0.4) is 0 Å². The maximum Gasteiger partial charge on any atom is 0.136 e. The van der Waals surface area contributed by atoms with Gasteiger partial charge in [0, 0.05) is 31.6 Å². The number of fused-ring (bicyclic) bond motifs is 1. The monoisotopic (exact) mass is 261 g/mol. The number of hydrogen-bond donors (Lipinski definition) is 0. The highest BCUT2D eigenvalue weighted by Crippen LogP contribution is 2.43. The SMILES string of the molecule is C1CCn2c(C3CC3)nnc2C(C2CCOCC2)C1. The number of rotatable bonds is 2. The summed E-state index contributed by atoms with van der Waals surface area (Å²) in [5.74, 6) is 4.70. The van der Waals surface area contributed by atoms with Gasteiger partial charge in [0.1, 0.15) is 11.6 Å². The number of nitrogens with zero attached hydrogens (tertiary/aromatic N) is 3. The Kier molecular flexibility index (Phi) is 3.06. The van der Waals surface area contributed by atoms with Crippen LogP contribution in [0.15, 0.2) is 0 Å². The van der Waals surface area contributed by atoms with Crippen molar-refractivity contribution >= 4 is 0 Å². The standard InChI is InChI=1S/C15H23N3O/c1-2-8-18-14(12-4-5-12)16-17-15(18)13(3-1)11-6-9-19-10-7-11/h11-13H,1-10H2. The Hall–Kier alpha value is -0.900. The third-order valence-corrected chi connectivity index (χ3v) is 5.06. The molecule has 3 aliphatic rings. The van der Waals surface area contributed by atoms with Crippen LogP contribution in [0.2, 0.25) is 0 Å². The van der Waals surface area contributed by atoms with Crippen LogP contribution in [0.5, 0.6) is 0 Å². The molecule has 4 heteroatoms. The van der Waals surface area contributed by atoms with Gasteiger partial charge in [0.2, 0.25) is 0 Å². The van der Waals surface area contributed by atoms with Crippen molar-refractivity contribution in [1.29, 1.82) is 0 Å². The van der Waals surface area contributed by atoms with Gasteiger partial charge in [-0.1, -0.05) is 6.42 Å². The van der Waals surface area contributed by atoms with Gasteiger partial charge in [0.25, 0.3) is 0 Å². The molecule has 4 rings (SSSR count). The number of ether oxygens (including phenoxy) is 1. The first-order valence-electron chi connectivity index (χ1n) is 7.94. The molecule has 0 N–H and O–H groups in total. The fourth-order valence-corrected chi connectivity index (χ4v) is 3.80. The highest BCUT2D eigenvalue weighted by Gasteiger charge is 2.35. The Bertz CT molecular complexity index is 446. The van der Waals surface area contributed by atoms with Gasteiger partial charge in [-0.15, -0.1) is 10.2 Å². The highest BCUT2D eigenvalue weighted by atomic mass is 16.5. The first-order valence-corrected chi connectivity index (χ1v) is 7.94. The van der Waals surface area contributed by atoms with Crippen LogP contribution in [0, 0.1) is 5.92 Å². The molecule has 1 unspecified atom stereocenters. The van der Waals surface area contributed by atoms with E-state index in [-0.39, 0.29) is 0 Å². The zero-order valence-corrected chi connectivity index (χ0v) is 11.6. The predicted octanol–water partition coefficient (Wildman–Crippen LogP) is 2.85. The minimum atomic E-state index is 0.631. The van der Waals surface area contributed by atoms with Crippen molar-refractivity contribution in [3.63, 3.8) is 0 Å². The molecule has 4 nitrogen and oxygen atoms in total. The normalized spacial score (nSPS) is 28.9. The lowest BCUT2D eigenvalue weighted by molar-refractivity contribution is 0.0556. The number of hydrogen-bond acceptors (Lipinski definition) is 3. The molecule has 0 aromatic carbocycles. The molecule has 104 valence electrons. The van der Waals surface area contributed by atoms with Crippen LogP contribution in [0.1, 0.15) is 68.4 Å². The van der Waals surface area contributed by atoms with Gasteiger partial charge in [-0.2, -0.15) is 0 Å². The molecule has 2 fully saturated rings. The topological polar surface area (TPSA) is 39.9 Å². The Morgan fingerprint density at radius 1 is 0.895 bits per heavy atom. The van der Waals surface area contributed by atoms with Crippen molar-refractivity contribution in [2.24, 2.45) is 5.92 Å². The molecule has 19 heavy (non-hydrogen) atoms. The van der Waals surface area contributed by atoms with Gasteiger partial charge < -0.3 is 9.30 Å². The van der Waals surface area contributed by atoms with Gasteiger partial charge in [0.05, 0.1) is 0 Å². The molecule has 1 aliphatic carbocycles. The van der Waals surface area contributed by atoms with Gasteiger partial charge in [-0.25, -0.2) is 0 Å². The van der Waals surface area contributed by atoms with Crippen LogP contribution in [-0.2, 0) is 11.3 Å². The Labute approximate surface area is 114 Å². The van der Waals surface area contributed by atoms with Gasteiger partial charge >= 0.3 is 0 Å². The van der Waals surface area contributed by atoms with E-state index in [1.54, 1.807) is 0 Å². The maximum atomic E-state index is 5.52. The van der Waals surface area contributed by atoms with Crippen molar-refractivity contribution in [3.8, 4) is 0 Å². The van der Waals surface area contributed by atoms with E-state index in [0.717, 1.165) is 31.6 Å². The summed E-state index contributed by atoms with van der Waals surface area (Å²) in [7, 11) is 0. The zero-order valence-electron chi connectivity index (χ0n) is 11.6. The third kappa shape index (κ3) is 2.20. The first kappa shape index (κ1) is 11.9. The minimum absolute atomic E-state index is 0.631. The highest BCUT2D eigenvalue weighted by molar-refractivity contribution is 5.12. The summed E-state index contributed by atoms with van der Waals surface area (Å²) in [5, 5.41) is 9.14. The molecule has 1 saturated heterocycles. The van der Waals surface area contributed by atoms with Crippen LogP contribution in [0.25, 0.3) is 0 Å². The van der Waals surface area contributed by atoms with Crippen LogP contribution in [-0.4, -0.2) is 28.0 Å². The predicted molar refractivity (Wildman–Crippen MR) is 72.1 cm³/mol. The van der Waals surface area contributed by atoms with Crippen LogP contribution >= 0.6 is 0 Å². The quantitative estimate of drug-likeness (QED) is 0.822. The molecule has 1 aromatic rings. The lowest BCUT2D eigenvalue weighted by Gasteiger charge is -2.29. The average molecular weight is 261 g/mol. The molecular formula is C15H23N3O. The van der Waals surface area contributed by atoms with E-state index in [1.807, 2.05) is 0 Å². The van der Waals surface area contributed by atoms with E-state index < -0.39 is 0 Å². The van der Waals surface area contributed by atoms with Gasteiger partial charge in [-0.3, -0.25) is 0 Å². The lowest BCUT2D eigenvalue weighted by atomic mass is 9.82. The summed E-state index contributed by atoms with van der Waals surface area (Å²) >= 11 is 0. The summed E-state index contributed by atoms with van der Waals surface area (Å²) in [6.07, 6.45) is 8.99. The Morgan fingerprint density at radius 2 is 1.68 bits per heavy atom. The van der Waals surface area contributed by atoms with Crippen molar-refractivity contribution in [1.82, 2.24) is 14.8 Å². The largest absolute Gasteiger partial charge is 0.381 e. The second-order valence-corrected chi connectivity index (χ2v) is 6.39. The second-order valence-electron chi connectivity index (χ2n) is 6.39. The summed E-state index contributed by atoms with van der Waals surface area (Å²) in [6.45, 7) is 3.02. The summed E-state index contributed by atoms with van der Waals surface area (Å²) in [6, 6.07) is 0. The Morgan fingerprint density at radius 3 is 2.47 bits per heavy atom. The number of aromatic nitrogens is 3. The smallest absolute Gasteiger partial charge is 0.136 e. The maximum absolute atomic E-state index is 5.52. The Balaban J connectivity index is 1.65. The van der Waals surface area contributed by atoms with Crippen LogP contribution in [0.4, 0.5) is 0 Å². The van der Waals surface area contributed by atoms with Crippen molar-refractivity contribution < 1.29 is 4.74 Å². The van der Waals surface area contributed by atoms with Crippen molar-refractivity contribution in [2.45, 2.75) is 63.3 Å². The molecule has 0 spiro atoms. The fraction of sp³-hybridized carbons (Fsp3) is 0.867. The molecule has 2 aliphatic heterocycles. The van der Waals surface area contributed by atoms with Crippen molar-refractivity contribution in [3.05, 3.63) is 11.6 Å². The fourth-order valence-electron chi connectivity index (χ4n) is 3.80. The molecule has 1 aromatic heterocycles. The minimum Gasteiger partial charge on any atom is -0.381 e. The first-order chi connectivity index (χ1) is 9.43. The molecule has 0 bridgehead atoms. The van der Waals surface area contributed by atoms with E-state index in [2.05, 4.69) is 14.8 Å². The van der Waals surface area contributed by atoms with E-state index in [0.29, 0.717) is 5.92 Å². The van der Waals surface area contributed by atoms with Crippen LogP contribution < -0.4 is 0 Å². The summed E-state index contributed by atoms with van der Waals surface area (Å²) in [4.78, 5) is 0. The molecule has 0 amide bonds. The average Bonchev–Trinajstić information content (AvgIpc) is 3.25. The summed E-state index contributed by atoms with van der Waals surface area (Å²) in [5.41, 5.74) is 0. The van der Waals surface area contributed by atoms with E-state index >= 15 is 0 Å². The van der Waals surface area contributed by atoms with E-state index in [1.165, 1.54) is 56.6 Å². The van der Waals surface area contributed by atoms with Gasteiger partial charge in [0.15, 0.2) is 0 Å². The molecule has 1 atom stereocenters. The molecule has 3 heterocycles. The van der Waals surface area contributed by atoms with Gasteiger partial charge in [-0.05, 0) is 44.4 Å². The molecular weight excluding hydrogens is 238 g/mol. The summed E-state index contributed by atoms with van der Waals surface area (Å²) < 4.78 is 8.00. The third-order valence-electron chi connectivity index (χ3n) is 5.06. The zero-order chi connectivity index (χ0) is 12.7. The van der Waals surface area contributed by atoms with E-state index in [9.17, 15) is 0 Å². The van der Waals surface area contributed by atoms with E-state index in [4.69, 9.17) is 4.74 Å². The molecule has 0 radical (unpaired) electrons. The lowest BCUT2D eigenvalue weighted by Crippen LogP contribution is -2.23. The molecule has 1 saturated carbocycles. The van der Waals surface area contributed by atoms with Crippen molar-refractivity contribution in [2.75, 3.05) is 13.2 Å². The second kappa shape index (κ2) is 4.89.